The normalized spacial score (nSPS) is 15.0. The molecule has 30 heavy (non-hydrogen) atoms. The summed E-state index contributed by atoms with van der Waals surface area (Å²) in [5, 5.41) is 28.7. The van der Waals surface area contributed by atoms with Crippen LogP contribution in [0.4, 0.5) is 0 Å². The van der Waals surface area contributed by atoms with Gasteiger partial charge in [0.1, 0.15) is 0 Å². The molecule has 0 atom stereocenters. The minimum absolute atomic E-state index is 0.460. The summed E-state index contributed by atoms with van der Waals surface area (Å²) < 4.78 is 0. The summed E-state index contributed by atoms with van der Waals surface area (Å²) >= 11 is 0. The fourth-order valence-electron chi connectivity index (χ4n) is 2.76. The lowest BCUT2D eigenvalue weighted by atomic mass is 9.88. The van der Waals surface area contributed by atoms with Crippen LogP contribution in [-0.4, -0.2) is 41.4 Å². The lowest BCUT2D eigenvalue weighted by Crippen LogP contribution is -2.60. The van der Waals surface area contributed by atoms with Crippen LogP contribution < -0.4 is 21.1 Å². The van der Waals surface area contributed by atoms with E-state index in [1.165, 1.54) is 31.2 Å². The van der Waals surface area contributed by atoms with Crippen molar-refractivity contribution in [2.24, 2.45) is 5.73 Å². The first-order valence-electron chi connectivity index (χ1n) is 10.1. The Hall–Kier alpha value is -2.45. The summed E-state index contributed by atoms with van der Waals surface area (Å²) in [4.78, 5) is 31.0. The molecule has 0 saturated carbocycles. The van der Waals surface area contributed by atoms with Crippen LogP contribution in [0.25, 0.3) is 0 Å². The SMILES string of the molecule is NC1(C(=O)[O-])CCN(Cc2ccccc2)CC1.O=C([O-])C(=O)[O-].[CH2]CCCCCC. The molecule has 169 valence electrons. The zero-order valence-corrected chi connectivity index (χ0v) is 17.6. The highest BCUT2D eigenvalue weighted by atomic mass is 16.4. The first-order chi connectivity index (χ1) is 14.2. The van der Waals surface area contributed by atoms with Gasteiger partial charge in [-0.3, -0.25) is 4.90 Å². The molecule has 8 heteroatoms. The number of carboxylic acids is 3. The van der Waals surface area contributed by atoms with Gasteiger partial charge in [-0.25, -0.2) is 0 Å². The molecule has 2 rings (SSSR count). The molecular weight excluding hydrogens is 388 g/mol. The van der Waals surface area contributed by atoms with Gasteiger partial charge in [-0.05, 0) is 18.4 Å². The van der Waals surface area contributed by atoms with Gasteiger partial charge >= 0.3 is 0 Å². The van der Waals surface area contributed by atoms with Gasteiger partial charge < -0.3 is 35.4 Å². The highest BCUT2D eigenvalue weighted by Gasteiger charge is 2.31. The Labute approximate surface area is 178 Å². The number of carbonyl (C=O) groups is 3. The second-order valence-electron chi connectivity index (χ2n) is 7.19. The van der Waals surface area contributed by atoms with Gasteiger partial charge in [-0.1, -0.05) is 76.3 Å². The molecule has 0 amide bonds. The van der Waals surface area contributed by atoms with Crippen LogP contribution in [-0.2, 0) is 20.9 Å². The van der Waals surface area contributed by atoms with Crippen molar-refractivity contribution in [2.45, 2.75) is 64.0 Å². The fourth-order valence-corrected chi connectivity index (χ4v) is 2.76. The maximum atomic E-state index is 10.9. The number of carboxylic acid groups (broad SMARTS) is 3. The summed E-state index contributed by atoms with van der Waals surface area (Å²) in [5.41, 5.74) is 5.88. The topological polar surface area (TPSA) is 150 Å². The summed E-state index contributed by atoms with van der Waals surface area (Å²) in [6.07, 6.45) is 7.44. The van der Waals surface area contributed by atoms with Crippen molar-refractivity contribution in [2.75, 3.05) is 13.1 Å². The summed E-state index contributed by atoms with van der Waals surface area (Å²) in [6, 6.07) is 10.1. The van der Waals surface area contributed by atoms with E-state index in [1.54, 1.807) is 0 Å². The Kier molecular flexibility index (Phi) is 14.1. The van der Waals surface area contributed by atoms with Crippen LogP contribution in [0.3, 0.4) is 0 Å². The average molecular weight is 421 g/mol. The molecule has 1 fully saturated rings. The molecule has 0 aromatic heterocycles. The van der Waals surface area contributed by atoms with Crippen molar-refractivity contribution in [1.29, 1.82) is 0 Å². The molecule has 1 aromatic carbocycles. The number of nitrogens with two attached hydrogens (primary N) is 1. The van der Waals surface area contributed by atoms with Gasteiger partial charge in [0.05, 0.1) is 23.4 Å². The van der Waals surface area contributed by atoms with Gasteiger partial charge in [0, 0.05) is 19.6 Å². The first kappa shape index (κ1) is 27.5. The summed E-state index contributed by atoms with van der Waals surface area (Å²) in [6.45, 7) is 8.25. The maximum Gasteiger partial charge on any atom is 0.0870 e. The highest BCUT2D eigenvalue weighted by molar-refractivity contribution is 6.25. The van der Waals surface area contributed by atoms with Crippen LogP contribution in [0.1, 0.15) is 57.4 Å². The van der Waals surface area contributed by atoms with Crippen molar-refractivity contribution in [3.05, 3.63) is 42.8 Å². The molecule has 0 unspecified atom stereocenters. The zero-order chi connectivity index (χ0) is 23.0. The standard InChI is InChI=1S/C13H18N2O2.C7H15.C2H2O4/c14-13(12(16)17)6-8-15(9-7-13)10-11-4-2-1-3-5-11;1-3-5-7-6-4-2;3-1(4)2(5)6/h1-5H,6-10,14H2,(H,16,17);1,3-7H2,2H3;(H,3,4)(H,5,6)/p-3. The molecule has 1 aromatic rings. The molecule has 1 aliphatic rings. The van der Waals surface area contributed by atoms with Gasteiger partial charge in [0.25, 0.3) is 0 Å². The van der Waals surface area contributed by atoms with E-state index in [-0.39, 0.29) is 0 Å². The molecule has 1 saturated heterocycles. The molecule has 0 aliphatic carbocycles. The average Bonchev–Trinajstić information content (AvgIpc) is 2.72. The number of hydrogen-bond donors (Lipinski definition) is 1. The second kappa shape index (κ2) is 15.4. The Bertz CT molecular complexity index is 612. The third kappa shape index (κ3) is 12.2. The molecular formula is C22H32N2O6-3. The van der Waals surface area contributed by atoms with Gasteiger partial charge in [0.2, 0.25) is 0 Å². The third-order valence-corrected chi connectivity index (χ3v) is 4.67. The summed E-state index contributed by atoms with van der Waals surface area (Å²) in [5.74, 6) is -5.50. The molecule has 0 bridgehead atoms. The largest absolute Gasteiger partial charge is 0.548 e. The van der Waals surface area contributed by atoms with E-state index in [9.17, 15) is 9.90 Å². The summed E-state index contributed by atoms with van der Waals surface area (Å²) in [7, 11) is 0. The van der Waals surface area contributed by atoms with Gasteiger partial charge in [-0.2, -0.15) is 0 Å². The van der Waals surface area contributed by atoms with E-state index in [4.69, 9.17) is 25.5 Å². The number of likely N-dealkylation sites (tertiary alicyclic amines) is 1. The van der Waals surface area contributed by atoms with Crippen molar-refractivity contribution in [3.63, 3.8) is 0 Å². The quantitative estimate of drug-likeness (QED) is 0.436. The predicted octanol–water partition coefficient (Wildman–Crippen LogP) is -0.993. The lowest BCUT2D eigenvalue weighted by molar-refractivity contribution is -0.345. The van der Waals surface area contributed by atoms with E-state index < -0.39 is 23.4 Å². The number of carbonyl (C=O) groups excluding carboxylic acids is 3. The third-order valence-electron chi connectivity index (χ3n) is 4.67. The van der Waals surface area contributed by atoms with Crippen LogP contribution in [0.5, 0.6) is 0 Å². The number of rotatable bonds is 7. The van der Waals surface area contributed by atoms with Gasteiger partial charge in [-0.15, -0.1) is 0 Å². The molecule has 1 aliphatic heterocycles. The number of benzene rings is 1. The molecule has 1 heterocycles. The minimum Gasteiger partial charge on any atom is -0.548 e. The fraction of sp³-hybridized carbons (Fsp3) is 0.545. The van der Waals surface area contributed by atoms with Crippen LogP contribution >= 0.6 is 0 Å². The zero-order valence-electron chi connectivity index (χ0n) is 17.6. The van der Waals surface area contributed by atoms with Crippen molar-refractivity contribution >= 4 is 17.9 Å². The van der Waals surface area contributed by atoms with Crippen LogP contribution in [0, 0.1) is 6.92 Å². The minimum atomic E-state index is -2.19. The Balaban J connectivity index is 0.000000538. The van der Waals surface area contributed by atoms with Crippen LogP contribution in [0.2, 0.25) is 0 Å². The molecule has 8 nitrogen and oxygen atoms in total. The number of hydrogen-bond acceptors (Lipinski definition) is 8. The Morgan fingerprint density at radius 3 is 1.93 bits per heavy atom. The molecule has 1 radical (unpaired) electrons. The van der Waals surface area contributed by atoms with Crippen molar-refractivity contribution in [3.8, 4) is 0 Å². The van der Waals surface area contributed by atoms with E-state index in [0.717, 1.165) is 13.0 Å². The lowest BCUT2D eigenvalue weighted by Gasteiger charge is -2.39. The smallest absolute Gasteiger partial charge is 0.0870 e. The number of nitrogens with zero attached hydrogens (tertiary/aromatic N) is 1. The van der Waals surface area contributed by atoms with Gasteiger partial charge in [0.15, 0.2) is 0 Å². The van der Waals surface area contributed by atoms with E-state index in [2.05, 4.69) is 30.9 Å². The monoisotopic (exact) mass is 420 g/mol. The van der Waals surface area contributed by atoms with Crippen molar-refractivity contribution in [1.82, 2.24) is 4.90 Å². The number of piperidine rings is 1. The number of aliphatic carboxylic acids is 3. The van der Waals surface area contributed by atoms with E-state index in [1.807, 2.05) is 18.2 Å². The molecule has 0 spiro atoms. The number of unbranched alkanes of at least 4 members (excludes halogenated alkanes) is 4. The van der Waals surface area contributed by atoms with Crippen molar-refractivity contribution < 1.29 is 29.7 Å². The second-order valence-corrected chi connectivity index (χ2v) is 7.19. The first-order valence-corrected chi connectivity index (χ1v) is 10.1. The van der Waals surface area contributed by atoms with E-state index in [0.29, 0.717) is 25.9 Å². The van der Waals surface area contributed by atoms with Crippen LogP contribution in [0.15, 0.2) is 30.3 Å². The predicted molar refractivity (Wildman–Crippen MR) is 107 cm³/mol. The Morgan fingerprint density at radius 1 is 1.00 bits per heavy atom. The van der Waals surface area contributed by atoms with E-state index >= 15 is 0 Å². The Morgan fingerprint density at radius 2 is 1.53 bits per heavy atom. The molecule has 2 N–H and O–H groups in total. The maximum absolute atomic E-state index is 10.9. The highest BCUT2D eigenvalue weighted by Crippen LogP contribution is 2.20.